The molecule has 2 aliphatic heterocycles. The number of rotatable bonds is 2. The number of alkyl halides is 3. The monoisotopic (exact) mass is 388 g/mol. The quantitative estimate of drug-likeness (QED) is 0.781. The molecule has 4 nitrogen and oxygen atoms in total. The standard InChI is InChI=1S/C18H23F3N2O2S/c19-18(20,21)14-3-6-16(22-9-14)13-1-4-15(5-2-13)23-8-7-17(10-23)11-26(24,25)12-17/h3,6,9,13,15H,1-2,4-5,7-8,10-12H2/t13-,15+. The molecule has 2 saturated heterocycles. The van der Waals surface area contributed by atoms with Crippen molar-refractivity contribution >= 4 is 9.84 Å². The molecule has 3 heterocycles. The van der Waals surface area contributed by atoms with Gasteiger partial charge in [-0.05, 0) is 50.8 Å². The molecular formula is C18H23F3N2O2S. The number of nitrogens with zero attached hydrogens (tertiary/aromatic N) is 2. The van der Waals surface area contributed by atoms with Gasteiger partial charge in [0.05, 0.1) is 17.1 Å². The van der Waals surface area contributed by atoms with Crippen LogP contribution in [0.3, 0.4) is 0 Å². The predicted octanol–water partition coefficient (Wildman–Crippen LogP) is 3.25. The van der Waals surface area contributed by atoms with Crippen molar-refractivity contribution in [3.63, 3.8) is 0 Å². The molecule has 0 aromatic carbocycles. The van der Waals surface area contributed by atoms with Crippen molar-refractivity contribution in [3.8, 4) is 0 Å². The molecule has 3 fully saturated rings. The van der Waals surface area contributed by atoms with Gasteiger partial charge in [-0.3, -0.25) is 9.88 Å². The fourth-order valence-electron chi connectivity index (χ4n) is 4.96. The number of hydrogen-bond acceptors (Lipinski definition) is 4. The molecule has 26 heavy (non-hydrogen) atoms. The Bertz CT molecular complexity index is 757. The van der Waals surface area contributed by atoms with Crippen LogP contribution >= 0.6 is 0 Å². The number of sulfone groups is 1. The van der Waals surface area contributed by atoms with Gasteiger partial charge in [0, 0.05) is 35.8 Å². The molecule has 1 aliphatic carbocycles. The second-order valence-corrected chi connectivity index (χ2v) is 10.3. The van der Waals surface area contributed by atoms with Crippen molar-refractivity contribution < 1.29 is 21.6 Å². The van der Waals surface area contributed by atoms with E-state index in [9.17, 15) is 21.6 Å². The summed E-state index contributed by atoms with van der Waals surface area (Å²) in [6.07, 6.45) is 1.39. The summed E-state index contributed by atoms with van der Waals surface area (Å²) >= 11 is 0. The number of likely N-dealkylation sites (tertiary alicyclic amines) is 1. The molecule has 0 bridgehead atoms. The van der Waals surface area contributed by atoms with Crippen LogP contribution in [0.4, 0.5) is 13.2 Å². The second-order valence-electron chi connectivity index (χ2n) is 8.23. The number of pyridine rings is 1. The van der Waals surface area contributed by atoms with Crippen molar-refractivity contribution in [2.75, 3.05) is 24.6 Å². The Morgan fingerprint density at radius 2 is 1.81 bits per heavy atom. The van der Waals surface area contributed by atoms with Gasteiger partial charge in [-0.25, -0.2) is 8.42 Å². The number of hydrogen-bond donors (Lipinski definition) is 0. The summed E-state index contributed by atoms with van der Waals surface area (Å²) in [4.78, 5) is 6.49. The predicted molar refractivity (Wildman–Crippen MR) is 91.5 cm³/mol. The average Bonchev–Trinajstić information content (AvgIpc) is 2.98. The smallest absolute Gasteiger partial charge is 0.300 e. The number of halogens is 3. The summed E-state index contributed by atoms with van der Waals surface area (Å²) in [5.74, 6) is 0.886. The molecule has 1 aromatic heterocycles. The Labute approximate surface area is 151 Å². The molecule has 8 heteroatoms. The topological polar surface area (TPSA) is 50.3 Å². The minimum absolute atomic E-state index is 0.00926. The molecule has 0 radical (unpaired) electrons. The van der Waals surface area contributed by atoms with Crippen LogP contribution in [0.15, 0.2) is 18.3 Å². The molecule has 1 aromatic rings. The fraction of sp³-hybridized carbons (Fsp3) is 0.722. The van der Waals surface area contributed by atoms with Gasteiger partial charge in [-0.1, -0.05) is 0 Å². The van der Waals surface area contributed by atoms with E-state index in [0.717, 1.165) is 63.2 Å². The van der Waals surface area contributed by atoms with Gasteiger partial charge in [0.2, 0.25) is 0 Å². The fourth-order valence-corrected chi connectivity index (χ4v) is 7.21. The maximum Gasteiger partial charge on any atom is 0.417 e. The SMILES string of the molecule is O=S1(=O)CC2(CCN([C@H]3CC[C@@H](c4ccc(C(F)(F)F)cn4)CC3)C2)C1. The highest BCUT2D eigenvalue weighted by Crippen LogP contribution is 2.44. The van der Waals surface area contributed by atoms with Crippen molar-refractivity contribution in [1.82, 2.24) is 9.88 Å². The number of aromatic nitrogens is 1. The Kier molecular flexibility index (Phi) is 4.34. The van der Waals surface area contributed by atoms with Crippen LogP contribution in [0.5, 0.6) is 0 Å². The van der Waals surface area contributed by atoms with E-state index in [1.165, 1.54) is 6.07 Å². The highest BCUT2D eigenvalue weighted by molar-refractivity contribution is 7.92. The maximum atomic E-state index is 12.6. The van der Waals surface area contributed by atoms with E-state index in [0.29, 0.717) is 17.5 Å². The average molecular weight is 388 g/mol. The normalized spacial score (nSPS) is 31.0. The van der Waals surface area contributed by atoms with Gasteiger partial charge < -0.3 is 0 Å². The van der Waals surface area contributed by atoms with Gasteiger partial charge in [-0.2, -0.15) is 13.2 Å². The first-order valence-corrected chi connectivity index (χ1v) is 11.0. The Morgan fingerprint density at radius 3 is 2.35 bits per heavy atom. The van der Waals surface area contributed by atoms with E-state index in [4.69, 9.17) is 0 Å². The summed E-state index contributed by atoms with van der Waals surface area (Å²) < 4.78 is 61.0. The van der Waals surface area contributed by atoms with Crippen LogP contribution < -0.4 is 0 Å². The summed E-state index contributed by atoms with van der Waals surface area (Å²) in [6.45, 7) is 1.84. The third-order valence-electron chi connectivity index (χ3n) is 6.27. The minimum Gasteiger partial charge on any atom is -0.300 e. The summed E-state index contributed by atoms with van der Waals surface area (Å²) in [5.41, 5.74) is 0.0391. The van der Waals surface area contributed by atoms with Crippen LogP contribution in [0.25, 0.3) is 0 Å². The molecule has 0 N–H and O–H groups in total. The molecule has 4 rings (SSSR count). The first kappa shape index (κ1) is 18.2. The van der Waals surface area contributed by atoms with E-state index in [1.807, 2.05) is 0 Å². The third-order valence-corrected chi connectivity index (χ3v) is 8.37. The lowest BCUT2D eigenvalue weighted by atomic mass is 9.83. The summed E-state index contributed by atoms with van der Waals surface area (Å²) in [6, 6.07) is 3.09. The van der Waals surface area contributed by atoms with E-state index >= 15 is 0 Å². The molecule has 0 amide bonds. The maximum absolute atomic E-state index is 12.6. The van der Waals surface area contributed by atoms with Crippen molar-refractivity contribution in [3.05, 3.63) is 29.6 Å². The van der Waals surface area contributed by atoms with Gasteiger partial charge in [-0.15, -0.1) is 0 Å². The van der Waals surface area contributed by atoms with Crippen LogP contribution in [-0.4, -0.2) is 48.9 Å². The van der Waals surface area contributed by atoms with Gasteiger partial charge >= 0.3 is 6.18 Å². The van der Waals surface area contributed by atoms with E-state index < -0.39 is 21.6 Å². The first-order chi connectivity index (χ1) is 12.2. The largest absolute Gasteiger partial charge is 0.417 e. The lowest BCUT2D eigenvalue weighted by molar-refractivity contribution is -0.137. The first-order valence-electron chi connectivity index (χ1n) is 9.14. The lowest BCUT2D eigenvalue weighted by Crippen LogP contribution is -2.51. The Morgan fingerprint density at radius 1 is 1.12 bits per heavy atom. The third kappa shape index (κ3) is 3.50. The van der Waals surface area contributed by atoms with Gasteiger partial charge in [0.15, 0.2) is 9.84 Å². The van der Waals surface area contributed by atoms with Crippen LogP contribution in [0, 0.1) is 5.41 Å². The van der Waals surface area contributed by atoms with Crippen molar-refractivity contribution in [2.45, 2.75) is 50.2 Å². The lowest BCUT2D eigenvalue weighted by Gasteiger charge is -2.40. The Balaban J connectivity index is 1.32. The molecule has 0 unspecified atom stereocenters. The molecule has 1 spiro atoms. The zero-order valence-corrected chi connectivity index (χ0v) is 15.3. The van der Waals surface area contributed by atoms with Crippen molar-refractivity contribution in [1.29, 1.82) is 0 Å². The molecule has 1 saturated carbocycles. The summed E-state index contributed by atoms with van der Waals surface area (Å²) in [7, 11) is -2.80. The molecule has 144 valence electrons. The Hall–Kier alpha value is -1.15. The highest BCUT2D eigenvalue weighted by Gasteiger charge is 2.52. The minimum atomic E-state index is -4.34. The molecular weight excluding hydrogens is 365 g/mol. The van der Waals surface area contributed by atoms with Crippen LogP contribution in [-0.2, 0) is 16.0 Å². The second kappa shape index (κ2) is 6.19. The summed E-state index contributed by atoms with van der Waals surface area (Å²) in [5, 5.41) is 0. The molecule has 3 aliphatic rings. The zero-order chi connectivity index (χ0) is 18.6. The van der Waals surface area contributed by atoms with Gasteiger partial charge in [0.1, 0.15) is 0 Å². The molecule has 0 atom stereocenters. The highest BCUT2D eigenvalue weighted by atomic mass is 32.2. The van der Waals surface area contributed by atoms with Crippen molar-refractivity contribution in [2.24, 2.45) is 5.41 Å². The van der Waals surface area contributed by atoms with E-state index in [-0.39, 0.29) is 11.3 Å². The van der Waals surface area contributed by atoms with Crippen LogP contribution in [0.2, 0.25) is 0 Å². The van der Waals surface area contributed by atoms with E-state index in [2.05, 4.69) is 9.88 Å². The van der Waals surface area contributed by atoms with Gasteiger partial charge in [0.25, 0.3) is 0 Å². The van der Waals surface area contributed by atoms with Crippen LogP contribution in [0.1, 0.15) is 49.3 Å². The van der Waals surface area contributed by atoms with E-state index in [1.54, 1.807) is 0 Å². The zero-order valence-electron chi connectivity index (χ0n) is 14.5.